The van der Waals surface area contributed by atoms with E-state index in [1.54, 1.807) is 18.3 Å². The first-order chi connectivity index (χ1) is 9.81. The van der Waals surface area contributed by atoms with E-state index in [4.69, 9.17) is 0 Å². The molecule has 1 heterocycles. The molecule has 4 heteroatoms. The summed E-state index contributed by atoms with van der Waals surface area (Å²) in [7, 11) is 0. The van der Waals surface area contributed by atoms with Crippen molar-refractivity contribution < 1.29 is 4.39 Å². The van der Waals surface area contributed by atoms with Gasteiger partial charge in [-0.05, 0) is 36.2 Å². The van der Waals surface area contributed by atoms with Gasteiger partial charge in [0.25, 0.3) is 0 Å². The molecule has 0 bridgehead atoms. The van der Waals surface area contributed by atoms with E-state index in [1.807, 2.05) is 24.3 Å². The number of para-hydroxylation sites is 2. The molecular formula is C16H14FN3. The minimum atomic E-state index is -0.206. The van der Waals surface area contributed by atoms with Crippen LogP contribution in [0.1, 0.15) is 5.56 Å². The molecule has 2 aromatic carbocycles. The molecule has 100 valence electrons. The van der Waals surface area contributed by atoms with Gasteiger partial charge in [0.2, 0.25) is 0 Å². The van der Waals surface area contributed by atoms with E-state index in [2.05, 4.69) is 15.3 Å². The van der Waals surface area contributed by atoms with Crippen LogP contribution in [0.15, 0.2) is 54.7 Å². The van der Waals surface area contributed by atoms with Crippen LogP contribution in [-0.2, 0) is 6.42 Å². The molecule has 0 saturated carbocycles. The van der Waals surface area contributed by atoms with Crippen molar-refractivity contribution in [2.24, 2.45) is 0 Å². The lowest BCUT2D eigenvalue weighted by Gasteiger charge is -2.06. The number of benzene rings is 2. The Bertz CT molecular complexity index is 710. The second-order valence-corrected chi connectivity index (χ2v) is 4.55. The van der Waals surface area contributed by atoms with Crippen molar-refractivity contribution in [3.8, 4) is 0 Å². The summed E-state index contributed by atoms with van der Waals surface area (Å²) in [4.78, 5) is 8.83. The van der Waals surface area contributed by atoms with Crippen LogP contribution in [0.25, 0.3) is 11.0 Å². The van der Waals surface area contributed by atoms with Crippen molar-refractivity contribution in [2.75, 3.05) is 11.9 Å². The lowest BCUT2D eigenvalue weighted by molar-refractivity contribution is 0.627. The van der Waals surface area contributed by atoms with Gasteiger partial charge in [0.1, 0.15) is 11.6 Å². The summed E-state index contributed by atoms with van der Waals surface area (Å²) in [6, 6.07) is 14.3. The average Bonchev–Trinajstić information content (AvgIpc) is 2.49. The molecule has 0 aliphatic rings. The van der Waals surface area contributed by atoms with E-state index in [9.17, 15) is 4.39 Å². The van der Waals surface area contributed by atoms with E-state index >= 15 is 0 Å². The largest absolute Gasteiger partial charge is 0.368 e. The summed E-state index contributed by atoms with van der Waals surface area (Å²) in [6.45, 7) is 0.735. The van der Waals surface area contributed by atoms with E-state index < -0.39 is 0 Å². The first kappa shape index (κ1) is 12.5. The van der Waals surface area contributed by atoms with Crippen LogP contribution in [-0.4, -0.2) is 16.5 Å². The van der Waals surface area contributed by atoms with Gasteiger partial charge < -0.3 is 5.32 Å². The van der Waals surface area contributed by atoms with Gasteiger partial charge in [-0.1, -0.05) is 24.3 Å². The summed E-state index contributed by atoms with van der Waals surface area (Å²) in [5, 5.41) is 3.23. The van der Waals surface area contributed by atoms with E-state index in [0.29, 0.717) is 0 Å². The van der Waals surface area contributed by atoms with Gasteiger partial charge >= 0.3 is 0 Å². The summed E-state index contributed by atoms with van der Waals surface area (Å²) in [5.41, 5.74) is 2.85. The molecule has 0 unspecified atom stereocenters. The Hall–Kier alpha value is -2.49. The fourth-order valence-corrected chi connectivity index (χ4v) is 2.03. The second kappa shape index (κ2) is 5.65. The molecule has 1 aromatic heterocycles. The molecule has 0 amide bonds. The van der Waals surface area contributed by atoms with Gasteiger partial charge in [-0.3, -0.25) is 4.98 Å². The van der Waals surface area contributed by atoms with Crippen molar-refractivity contribution in [2.45, 2.75) is 6.42 Å². The number of rotatable bonds is 4. The molecule has 20 heavy (non-hydrogen) atoms. The van der Waals surface area contributed by atoms with Crippen LogP contribution in [0.5, 0.6) is 0 Å². The Kier molecular flexibility index (Phi) is 3.54. The van der Waals surface area contributed by atoms with Crippen LogP contribution < -0.4 is 5.32 Å². The zero-order valence-corrected chi connectivity index (χ0v) is 10.9. The van der Waals surface area contributed by atoms with Gasteiger partial charge in [0, 0.05) is 6.54 Å². The SMILES string of the molecule is Fc1ccc(CCNc2cnc3ccccc3n2)cc1. The molecule has 3 aromatic rings. The molecule has 0 radical (unpaired) electrons. The normalized spacial score (nSPS) is 10.7. The number of anilines is 1. The second-order valence-electron chi connectivity index (χ2n) is 4.55. The molecule has 0 aliphatic heterocycles. The number of halogens is 1. The van der Waals surface area contributed by atoms with E-state index in [-0.39, 0.29) is 5.82 Å². The molecule has 0 atom stereocenters. The van der Waals surface area contributed by atoms with Crippen molar-refractivity contribution in [3.05, 3.63) is 66.1 Å². The van der Waals surface area contributed by atoms with Crippen LogP contribution in [0.2, 0.25) is 0 Å². The maximum absolute atomic E-state index is 12.8. The fraction of sp³-hybridized carbons (Fsp3) is 0.125. The molecule has 3 rings (SSSR count). The lowest BCUT2D eigenvalue weighted by atomic mass is 10.1. The van der Waals surface area contributed by atoms with Crippen molar-refractivity contribution >= 4 is 16.9 Å². The summed E-state index contributed by atoms with van der Waals surface area (Å²) >= 11 is 0. The van der Waals surface area contributed by atoms with Crippen molar-refractivity contribution in [1.29, 1.82) is 0 Å². The predicted octanol–water partition coefficient (Wildman–Crippen LogP) is 3.42. The Morgan fingerprint density at radius 3 is 2.50 bits per heavy atom. The molecule has 0 fully saturated rings. The standard InChI is InChI=1S/C16H14FN3/c17-13-7-5-12(6-8-13)9-10-18-16-11-19-14-3-1-2-4-15(14)20-16/h1-8,11H,9-10H2,(H,18,20). The molecule has 3 nitrogen and oxygen atoms in total. The lowest BCUT2D eigenvalue weighted by Crippen LogP contribution is -2.06. The maximum atomic E-state index is 12.8. The summed E-state index contributed by atoms with van der Waals surface area (Å²) in [5.74, 6) is 0.549. The molecule has 0 spiro atoms. The third-order valence-corrected chi connectivity index (χ3v) is 3.08. The molecule has 0 aliphatic carbocycles. The number of nitrogens with zero attached hydrogens (tertiary/aromatic N) is 2. The summed E-state index contributed by atoms with van der Waals surface area (Å²) < 4.78 is 12.8. The Labute approximate surface area is 116 Å². The zero-order valence-electron chi connectivity index (χ0n) is 10.9. The minimum Gasteiger partial charge on any atom is -0.368 e. The van der Waals surface area contributed by atoms with Crippen LogP contribution in [0.3, 0.4) is 0 Å². The predicted molar refractivity (Wildman–Crippen MR) is 78.1 cm³/mol. The smallest absolute Gasteiger partial charge is 0.145 e. The first-order valence-corrected chi connectivity index (χ1v) is 6.51. The van der Waals surface area contributed by atoms with Crippen LogP contribution >= 0.6 is 0 Å². The Balaban J connectivity index is 1.63. The number of hydrogen-bond acceptors (Lipinski definition) is 3. The third-order valence-electron chi connectivity index (χ3n) is 3.08. The van der Waals surface area contributed by atoms with E-state index in [1.165, 1.54) is 12.1 Å². The van der Waals surface area contributed by atoms with Gasteiger partial charge in [-0.2, -0.15) is 0 Å². The quantitative estimate of drug-likeness (QED) is 0.787. The average molecular weight is 267 g/mol. The topological polar surface area (TPSA) is 37.8 Å². The minimum absolute atomic E-state index is 0.206. The number of fused-ring (bicyclic) bond motifs is 1. The zero-order chi connectivity index (χ0) is 13.8. The van der Waals surface area contributed by atoms with Crippen molar-refractivity contribution in [3.63, 3.8) is 0 Å². The highest BCUT2D eigenvalue weighted by Gasteiger charge is 1.99. The highest BCUT2D eigenvalue weighted by Crippen LogP contribution is 2.11. The number of hydrogen-bond donors (Lipinski definition) is 1. The highest BCUT2D eigenvalue weighted by atomic mass is 19.1. The fourth-order valence-electron chi connectivity index (χ4n) is 2.03. The number of nitrogens with one attached hydrogen (secondary N) is 1. The van der Waals surface area contributed by atoms with Crippen LogP contribution in [0, 0.1) is 5.82 Å². The Morgan fingerprint density at radius 2 is 1.70 bits per heavy atom. The third kappa shape index (κ3) is 2.91. The maximum Gasteiger partial charge on any atom is 0.145 e. The highest BCUT2D eigenvalue weighted by molar-refractivity contribution is 5.75. The van der Waals surface area contributed by atoms with Gasteiger partial charge in [-0.25, -0.2) is 9.37 Å². The molecular weight excluding hydrogens is 253 g/mol. The monoisotopic (exact) mass is 267 g/mol. The Morgan fingerprint density at radius 1 is 0.950 bits per heavy atom. The van der Waals surface area contributed by atoms with E-state index in [0.717, 1.165) is 35.4 Å². The first-order valence-electron chi connectivity index (χ1n) is 6.51. The number of aromatic nitrogens is 2. The van der Waals surface area contributed by atoms with Crippen molar-refractivity contribution in [1.82, 2.24) is 9.97 Å². The molecule has 1 N–H and O–H groups in total. The van der Waals surface area contributed by atoms with Crippen LogP contribution in [0.4, 0.5) is 10.2 Å². The van der Waals surface area contributed by atoms with Gasteiger partial charge in [0.05, 0.1) is 17.2 Å². The van der Waals surface area contributed by atoms with Gasteiger partial charge in [-0.15, -0.1) is 0 Å². The summed E-state index contributed by atoms with van der Waals surface area (Å²) in [6.07, 6.45) is 2.54. The molecule has 0 saturated heterocycles. The van der Waals surface area contributed by atoms with Gasteiger partial charge in [0.15, 0.2) is 0 Å².